The van der Waals surface area contributed by atoms with Gasteiger partial charge in [-0.25, -0.2) is 0 Å². The van der Waals surface area contributed by atoms with Gasteiger partial charge in [0, 0.05) is 0 Å². The molecule has 0 bridgehead atoms. The molecule has 2 nitrogen and oxygen atoms in total. The molecule has 0 aromatic heterocycles. The van der Waals surface area contributed by atoms with Gasteiger partial charge < -0.3 is 4.74 Å². The van der Waals surface area contributed by atoms with E-state index in [2.05, 4.69) is 0 Å². The number of carbonyl (C=O) groups is 1. The van der Waals surface area contributed by atoms with Crippen molar-refractivity contribution < 1.29 is 22.7 Å². The number of benzene rings is 1. The van der Waals surface area contributed by atoms with Gasteiger partial charge in [0.25, 0.3) is 0 Å². The summed E-state index contributed by atoms with van der Waals surface area (Å²) in [5, 5.41) is 0. The van der Waals surface area contributed by atoms with Crippen molar-refractivity contribution in [1.82, 2.24) is 0 Å². The predicted octanol–water partition coefficient (Wildman–Crippen LogP) is 4.15. The van der Waals surface area contributed by atoms with E-state index in [0.717, 1.165) is 12.1 Å². The summed E-state index contributed by atoms with van der Waals surface area (Å²) in [5.74, 6) is -1.27. The zero-order valence-corrected chi connectivity index (χ0v) is 11.3. The van der Waals surface area contributed by atoms with Crippen LogP contribution >= 0.6 is 0 Å². The molecule has 0 fully saturated rings. The molecule has 0 spiro atoms. The number of carbonyl (C=O) groups excluding carboxylic acids is 1. The van der Waals surface area contributed by atoms with E-state index in [1.165, 1.54) is 19.1 Å². The maximum Gasteiger partial charge on any atom is 0.416 e. The first-order valence-corrected chi connectivity index (χ1v) is 5.91. The molecule has 1 aromatic carbocycles. The van der Waals surface area contributed by atoms with Gasteiger partial charge in [-0.2, -0.15) is 13.2 Å². The molecule has 0 saturated heterocycles. The Balaban J connectivity index is 2.95. The van der Waals surface area contributed by atoms with Crippen molar-refractivity contribution >= 4 is 5.97 Å². The van der Waals surface area contributed by atoms with Crippen molar-refractivity contribution in [2.45, 2.75) is 45.4 Å². The minimum absolute atomic E-state index is 0.295. The molecule has 0 aliphatic carbocycles. The third kappa shape index (κ3) is 4.58. The number of esters is 1. The lowest BCUT2D eigenvalue weighted by Gasteiger charge is -2.22. The first kappa shape index (κ1) is 15.5. The van der Waals surface area contributed by atoms with Crippen molar-refractivity contribution in [3.05, 3.63) is 35.4 Å². The van der Waals surface area contributed by atoms with Crippen molar-refractivity contribution in [2.24, 2.45) is 0 Å². The number of alkyl halides is 3. The minimum Gasteiger partial charge on any atom is -0.460 e. The molecule has 0 heterocycles. The van der Waals surface area contributed by atoms with Crippen molar-refractivity contribution in [3.63, 3.8) is 0 Å². The number of halogens is 3. The van der Waals surface area contributed by atoms with Crippen molar-refractivity contribution in [3.8, 4) is 0 Å². The van der Waals surface area contributed by atoms with Crippen LogP contribution in [-0.4, -0.2) is 11.6 Å². The van der Waals surface area contributed by atoms with Gasteiger partial charge in [-0.05, 0) is 39.3 Å². The van der Waals surface area contributed by atoms with Crippen LogP contribution in [0.2, 0.25) is 0 Å². The van der Waals surface area contributed by atoms with Crippen LogP contribution in [0.4, 0.5) is 13.2 Å². The molecule has 1 aromatic rings. The number of hydrogen-bond donors (Lipinski definition) is 0. The Labute approximate surface area is 110 Å². The second-order valence-corrected chi connectivity index (χ2v) is 5.38. The Hall–Kier alpha value is -1.52. The van der Waals surface area contributed by atoms with Crippen LogP contribution in [0, 0.1) is 0 Å². The number of rotatable bonds is 2. The van der Waals surface area contributed by atoms with Gasteiger partial charge in [-0.1, -0.05) is 18.2 Å². The summed E-state index contributed by atoms with van der Waals surface area (Å²) in [4.78, 5) is 11.8. The van der Waals surface area contributed by atoms with Crippen LogP contribution in [0.5, 0.6) is 0 Å². The monoisotopic (exact) mass is 274 g/mol. The average Bonchev–Trinajstić information content (AvgIpc) is 2.24. The van der Waals surface area contributed by atoms with Gasteiger partial charge in [0.15, 0.2) is 0 Å². The largest absolute Gasteiger partial charge is 0.460 e. The van der Waals surface area contributed by atoms with Crippen LogP contribution in [-0.2, 0) is 15.7 Å². The second kappa shape index (κ2) is 5.23. The van der Waals surface area contributed by atoms with Crippen LogP contribution < -0.4 is 0 Å². The molecular weight excluding hydrogens is 257 g/mol. The molecule has 1 unspecified atom stereocenters. The van der Waals surface area contributed by atoms with E-state index < -0.39 is 29.2 Å². The second-order valence-electron chi connectivity index (χ2n) is 5.38. The normalized spacial score (nSPS) is 14.1. The Morgan fingerprint density at radius 3 is 2.26 bits per heavy atom. The number of ether oxygens (including phenoxy) is 1. The van der Waals surface area contributed by atoms with E-state index in [1.54, 1.807) is 20.8 Å². The lowest BCUT2D eigenvalue weighted by atomic mass is 9.98. The van der Waals surface area contributed by atoms with Gasteiger partial charge in [-0.3, -0.25) is 4.79 Å². The lowest BCUT2D eigenvalue weighted by Crippen LogP contribution is -2.26. The van der Waals surface area contributed by atoms with Gasteiger partial charge >= 0.3 is 12.1 Å². The predicted molar refractivity (Wildman–Crippen MR) is 65.7 cm³/mol. The Kier molecular flexibility index (Phi) is 4.28. The zero-order chi connectivity index (χ0) is 14.8. The smallest absolute Gasteiger partial charge is 0.416 e. The molecule has 0 saturated carbocycles. The first-order valence-electron chi connectivity index (χ1n) is 5.91. The van der Waals surface area contributed by atoms with Crippen molar-refractivity contribution in [2.75, 3.05) is 0 Å². The summed E-state index contributed by atoms with van der Waals surface area (Å²) >= 11 is 0. The van der Waals surface area contributed by atoms with Gasteiger partial charge in [-0.15, -0.1) is 0 Å². The molecule has 5 heteroatoms. The van der Waals surface area contributed by atoms with Gasteiger partial charge in [0.2, 0.25) is 0 Å². The summed E-state index contributed by atoms with van der Waals surface area (Å²) in [6.07, 6.45) is -4.41. The van der Waals surface area contributed by atoms with E-state index in [9.17, 15) is 18.0 Å². The SMILES string of the molecule is CC(C(=O)OC(C)(C)C)c1cccc(C(F)(F)F)c1. The highest BCUT2D eigenvalue weighted by atomic mass is 19.4. The van der Waals surface area contributed by atoms with Gasteiger partial charge in [0.1, 0.15) is 5.60 Å². The van der Waals surface area contributed by atoms with Gasteiger partial charge in [0.05, 0.1) is 11.5 Å². The topological polar surface area (TPSA) is 26.3 Å². The van der Waals surface area contributed by atoms with E-state index in [1.807, 2.05) is 0 Å². The summed E-state index contributed by atoms with van der Waals surface area (Å²) in [6, 6.07) is 4.74. The fourth-order valence-electron chi connectivity index (χ4n) is 1.51. The van der Waals surface area contributed by atoms with Crippen LogP contribution in [0.1, 0.15) is 44.7 Å². The van der Waals surface area contributed by atoms with Crippen LogP contribution in [0.25, 0.3) is 0 Å². The third-order valence-corrected chi connectivity index (χ3v) is 2.47. The van der Waals surface area contributed by atoms with E-state index in [-0.39, 0.29) is 0 Å². The fraction of sp³-hybridized carbons (Fsp3) is 0.500. The molecular formula is C14H17F3O2. The van der Waals surface area contributed by atoms with Crippen LogP contribution in [0.15, 0.2) is 24.3 Å². The summed E-state index contributed by atoms with van der Waals surface area (Å²) < 4.78 is 42.9. The Morgan fingerprint density at radius 1 is 1.21 bits per heavy atom. The Morgan fingerprint density at radius 2 is 1.79 bits per heavy atom. The maximum absolute atomic E-state index is 12.6. The highest BCUT2D eigenvalue weighted by molar-refractivity contribution is 5.78. The fourth-order valence-corrected chi connectivity index (χ4v) is 1.51. The summed E-state index contributed by atoms with van der Waals surface area (Å²) in [7, 11) is 0. The molecule has 0 aliphatic heterocycles. The van der Waals surface area contributed by atoms with E-state index in [0.29, 0.717) is 5.56 Å². The first-order chi connectivity index (χ1) is 8.50. The highest BCUT2D eigenvalue weighted by Crippen LogP contribution is 2.31. The average molecular weight is 274 g/mol. The van der Waals surface area contributed by atoms with E-state index >= 15 is 0 Å². The third-order valence-electron chi connectivity index (χ3n) is 2.47. The van der Waals surface area contributed by atoms with Crippen molar-refractivity contribution in [1.29, 1.82) is 0 Å². The zero-order valence-electron chi connectivity index (χ0n) is 11.3. The Bertz CT molecular complexity index is 458. The highest BCUT2D eigenvalue weighted by Gasteiger charge is 2.31. The standard InChI is InChI=1S/C14H17F3O2/c1-9(12(18)19-13(2,3)4)10-6-5-7-11(8-10)14(15,16)17/h5-9H,1-4H3. The lowest BCUT2D eigenvalue weighted by molar-refractivity contribution is -0.156. The summed E-state index contributed by atoms with van der Waals surface area (Å²) in [5.41, 5.74) is -1.13. The quantitative estimate of drug-likeness (QED) is 0.757. The maximum atomic E-state index is 12.6. The molecule has 0 amide bonds. The molecule has 106 valence electrons. The molecule has 0 aliphatic rings. The molecule has 0 radical (unpaired) electrons. The molecule has 19 heavy (non-hydrogen) atoms. The molecule has 0 N–H and O–H groups in total. The summed E-state index contributed by atoms with van der Waals surface area (Å²) in [6.45, 7) is 6.67. The van der Waals surface area contributed by atoms with Crippen LogP contribution in [0.3, 0.4) is 0 Å². The number of hydrogen-bond acceptors (Lipinski definition) is 2. The molecule has 1 rings (SSSR count). The molecule has 1 atom stereocenters. The minimum atomic E-state index is -4.41. The van der Waals surface area contributed by atoms with E-state index in [4.69, 9.17) is 4.74 Å².